The second-order valence-corrected chi connectivity index (χ2v) is 6.03. The Labute approximate surface area is 121 Å². The van der Waals surface area contributed by atoms with Crippen LogP contribution in [-0.4, -0.2) is 28.6 Å². The molecule has 1 N–H and O–H groups in total. The van der Waals surface area contributed by atoms with Crippen LogP contribution >= 0.6 is 0 Å². The van der Waals surface area contributed by atoms with Crippen LogP contribution in [0.5, 0.6) is 0 Å². The van der Waals surface area contributed by atoms with Gasteiger partial charge in [-0.15, -0.1) is 0 Å². The molecule has 0 aromatic heterocycles. The maximum Gasteiger partial charge on any atom is 0.303 e. The second-order valence-electron chi connectivity index (χ2n) is 6.03. The van der Waals surface area contributed by atoms with Crippen molar-refractivity contribution in [3.05, 3.63) is 35.4 Å². The van der Waals surface area contributed by atoms with E-state index in [1.54, 1.807) is 0 Å². The number of benzene rings is 1. The van der Waals surface area contributed by atoms with Crippen LogP contribution in [0.2, 0.25) is 0 Å². The van der Waals surface area contributed by atoms with E-state index in [1.165, 1.54) is 24.0 Å². The van der Waals surface area contributed by atoms with Gasteiger partial charge in [0.2, 0.25) is 0 Å². The van der Waals surface area contributed by atoms with Gasteiger partial charge in [-0.25, -0.2) is 0 Å². The molecule has 110 valence electrons. The average molecular weight is 275 g/mol. The summed E-state index contributed by atoms with van der Waals surface area (Å²) in [6.07, 6.45) is 3.61. The van der Waals surface area contributed by atoms with Crippen molar-refractivity contribution < 1.29 is 9.90 Å². The van der Waals surface area contributed by atoms with Crippen molar-refractivity contribution in [3.63, 3.8) is 0 Å². The first-order chi connectivity index (χ1) is 9.58. The Bertz CT molecular complexity index is 452. The van der Waals surface area contributed by atoms with Crippen LogP contribution in [0, 0.1) is 0 Å². The minimum absolute atomic E-state index is 0.257. The number of carboxylic acids is 1. The van der Waals surface area contributed by atoms with Gasteiger partial charge in [-0.1, -0.05) is 24.3 Å². The first-order valence-electron chi connectivity index (χ1n) is 7.61. The van der Waals surface area contributed by atoms with E-state index in [0.29, 0.717) is 6.04 Å². The molecule has 0 radical (unpaired) electrons. The third kappa shape index (κ3) is 4.34. The molecule has 0 heterocycles. The molecule has 0 saturated heterocycles. The Morgan fingerprint density at radius 3 is 2.65 bits per heavy atom. The molecule has 2 rings (SSSR count). The lowest BCUT2D eigenvalue weighted by atomic mass is 10.0. The van der Waals surface area contributed by atoms with Crippen LogP contribution in [0.4, 0.5) is 0 Å². The molecular formula is C17H25NO2. The summed E-state index contributed by atoms with van der Waals surface area (Å²) in [5.41, 5.74) is 2.91. The molecule has 0 atom stereocenters. The Kier molecular flexibility index (Phi) is 5.18. The molecule has 1 fully saturated rings. The quantitative estimate of drug-likeness (QED) is 0.787. The first-order valence-corrected chi connectivity index (χ1v) is 7.61. The third-order valence-corrected chi connectivity index (χ3v) is 4.01. The van der Waals surface area contributed by atoms with Crippen LogP contribution in [0.15, 0.2) is 24.3 Å². The number of carboxylic acid groups (broad SMARTS) is 1. The molecule has 0 unspecified atom stereocenters. The van der Waals surface area contributed by atoms with E-state index in [2.05, 4.69) is 43.0 Å². The third-order valence-electron chi connectivity index (χ3n) is 4.01. The first kappa shape index (κ1) is 15.0. The molecule has 1 aliphatic carbocycles. The second kappa shape index (κ2) is 6.89. The number of hydrogen-bond acceptors (Lipinski definition) is 2. The summed E-state index contributed by atoms with van der Waals surface area (Å²) in [6, 6.07) is 9.15. The van der Waals surface area contributed by atoms with E-state index in [0.717, 1.165) is 25.4 Å². The average Bonchev–Trinajstić information content (AvgIpc) is 3.22. The number of aliphatic carboxylic acids is 1. The van der Waals surface area contributed by atoms with Gasteiger partial charge >= 0.3 is 5.97 Å². The van der Waals surface area contributed by atoms with Crippen molar-refractivity contribution in [2.75, 3.05) is 6.54 Å². The fourth-order valence-electron chi connectivity index (χ4n) is 2.64. The zero-order valence-electron chi connectivity index (χ0n) is 12.5. The molecule has 0 aliphatic heterocycles. The summed E-state index contributed by atoms with van der Waals surface area (Å²) in [5, 5.41) is 8.76. The van der Waals surface area contributed by atoms with E-state index in [9.17, 15) is 4.79 Å². The number of rotatable bonds is 8. The van der Waals surface area contributed by atoms with Gasteiger partial charge in [0, 0.05) is 19.0 Å². The lowest BCUT2D eigenvalue weighted by molar-refractivity contribution is -0.137. The highest BCUT2D eigenvalue weighted by molar-refractivity contribution is 5.66. The van der Waals surface area contributed by atoms with Crippen molar-refractivity contribution in [3.8, 4) is 0 Å². The monoisotopic (exact) mass is 275 g/mol. The molecule has 1 saturated carbocycles. The van der Waals surface area contributed by atoms with Gasteiger partial charge in [-0.2, -0.15) is 0 Å². The van der Waals surface area contributed by atoms with Gasteiger partial charge in [-0.3, -0.25) is 9.69 Å². The van der Waals surface area contributed by atoms with E-state index in [4.69, 9.17) is 5.11 Å². The predicted molar refractivity (Wildman–Crippen MR) is 80.8 cm³/mol. The van der Waals surface area contributed by atoms with Crippen molar-refractivity contribution >= 4 is 5.97 Å². The van der Waals surface area contributed by atoms with E-state index < -0.39 is 5.97 Å². The predicted octanol–water partition coefficient (Wildman–Crippen LogP) is 3.64. The summed E-state index contributed by atoms with van der Waals surface area (Å²) in [6.45, 7) is 6.15. The number of carbonyl (C=O) groups is 1. The molecule has 0 spiro atoms. The Morgan fingerprint density at radius 2 is 2.05 bits per heavy atom. The van der Waals surface area contributed by atoms with Gasteiger partial charge in [0.1, 0.15) is 0 Å². The molecule has 1 aromatic rings. The molecule has 1 aliphatic rings. The van der Waals surface area contributed by atoms with Crippen LogP contribution in [-0.2, 0) is 11.3 Å². The molecule has 0 amide bonds. The molecule has 3 heteroatoms. The highest BCUT2D eigenvalue weighted by Crippen LogP contribution is 2.41. The summed E-state index contributed by atoms with van der Waals surface area (Å²) >= 11 is 0. The van der Waals surface area contributed by atoms with Gasteiger partial charge in [0.15, 0.2) is 0 Å². The number of hydrogen-bond donors (Lipinski definition) is 1. The van der Waals surface area contributed by atoms with E-state index in [1.807, 2.05) is 0 Å². The standard InChI is InChI=1S/C17H25NO2/c1-13(2)18(11-5-8-17(19)20)12-15-6-3-4-7-16(15)14-9-10-14/h3-4,6-7,13-14H,5,8-12H2,1-2H3,(H,19,20). The molecule has 20 heavy (non-hydrogen) atoms. The largest absolute Gasteiger partial charge is 0.481 e. The van der Waals surface area contributed by atoms with E-state index >= 15 is 0 Å². The maximum absolute atomic E-state index is 10.6. The van der Waals surface area contributed by atoms with Gasteiger partial charge in [-0.05, 0) is 56.7 Å². The van der Waals surface area contributed by atoms with E-state index in [-0.39, 0.29) is 6.42 Å². The minimum Gasteiger partial charge on any atom is -0.481 e. The van der Waals surface area contributed by atoms with Gasteiger partial charge < -0.3 is 5.11 Å². The summed E-state index contributed by atoms with van der Waals surface area (Å²) in [7, 11) is 0. The topological polar surface area (TPSA) is 40.5 Å². The summed E-state index contributed by atoms with van der Waals surface area (Å²) < 4.78 is 0. The molecule has 3 nitrogen and oxygen atoms in total. The lowest BCUT2D eigenvalue weighted by Gasteiger charge is -2.27. The zero-order valence-corrected chi connectivity index (χ0v) is 12.5. The minimum atomic E-state index is -0.702. The Morgan fingerprint density at radius 1 is 1.35 bits per heavy atom. The van der Waals surface area contributed by atoms with Crippen LogP contribution in [0.25, 0.3) is 0 Å². The normalized spacial score (nSPS) is 15.0. The highest BCUT2D eigenvalue weighted by atomic mass is 16.4. The molecule has 0 bridgehead atoms. The van der Waals surface area contributed by atoms with Crippen molar-refractivity contribution in [2.24, 2.45) is 0 Å². The summed E-state index contributed by atoms with van der Waals surface area (Å²) in [4.78, 5) is 13.0. The van der Waals surface area contributed by atoms with Gasteiger partial charge in [0.25, 0.3) is 0 Å². The van der Waals surface area contributed by atoms with Gasteiger partial charge in [0.05, 0.1) is 0 Å². The van der Waals surface area contributed by atoms with Crippen LogP contribution in [0.3, 0.4) is 0 Å². The Hall–Kier alpha value is -1.35. The molecular weight excluding hydrogens is 250 g/mol. The lowest BCUT2D eigenvalue weighted by Crippen LogP contribution is -2.32. The van der Waals surface area contributed by atoms with Crippen LogP contribution < -0.4 is 0 Å². The fraction of sp³-hybridized carbons (Fsp3) is 0.588. The van der Waals surface area contributed by atoms with Crippen molar-refractivity contribution in [1.82, 2.24) is 4.90 Å². The SMILES string of the molecule is CC(C)N(CCCC(=O)O)Cc1ccccc1C1CC1. The zero-order chi connectivity index (χ0) is 14.5. The smallest absolute Gasteiger partial charge is 0.303 e. The number of nitrogens with zero attached hydrogens (tertiary/aromatic N) is 1. The van der Waals surface area contributed by atoms with Crippen molar-refractivity contribution in [1.29, 1.82) is 0 Å². The van der Waals surface area contributed by atoms with Crippen LogP contribution in [0.1, 0.15) is 56.6 Å². The van der Waals surface area contributed by atoms with Crippen molar-refractivity contribution in [2.45, 2.75) is 58.0 Å². The molecule has 1 aromatic carbocycles. The Balaban J connectivity index is 1.98. The summed E-state index contributed by atoms with van der Waals surface area (Å²) in [5.74, 6) is 0.0614. The maximum atomic E-state index is 10.6. The highest BCUT2D eigenvalue weighted by Gasteiger charge is 2.26. The fourth-order valence-corrected chi connectivity index (χ4v) is 2.64.